The van der Waals surface area contributed by atoms with E-state index in [0.29, 0.717) is 13.1 Å². The standard InChI is InChI=1S/C9H19NO2S/c1-8(2,3)13(11,12)10-6-9(4,5)7-10/h6-7H2,1-5H3. The number of nitrogens with zero attached hydrogens (tertiary/aromatic N) is 1. The predicted molar refractivity (Wildman–Crippen MR) is 54.0 cm³/mol. The van der Waals surface area contributed by atoms with E-state index in [0.717, 1.165) is 0 Å². The van der Waals surface area contributed by atoms with E-state index in [-0.39, 0.29) is 5.41 Å². The van der Waals surface area contributed by atoms with Gasteiger partial charge in [0.2, 0.25) is 10.0 Å². The molecule has 3 nitrogen and oxygen atoms in total. The van der Waals surface area contributed by atoms with Crippen molar-refractivity contribution in [2.24, 2.45) is 5.41 Å². The molecule has 0 aromatic rings. The van der Waals surface area contributed by atoms with Crippen molar-refractivity contribution in [2.75, 3.05) is 13.1 Å². The summed E-state index contributed by atoms with van der Waals surface area (Å²) in [5.41, 5.74) is 0.165. The molecule has 13 heavy (non-hydrogen) atoms. The molecule has 0 spiro atoms. The summed E-state index contributed by atoms with van der Waals surface area (Å²) in [6, 6.07) is 0. The minimum atomic E-state index is -3.08. The molecule has 0 unspecified atom stereocenters. The molecule has 0 aromatic carbocycles. The molecular formula is C9H19NO2S. The van der Waals surface area contributed by atoms with Crippen molar-refractivity contribution in [3.8, 4) is 0 Å². The van der Waals surface area contributed by atoms with Crippen LogP contribution in [0.25, 0.3) is 0 Å². The molecule has 0 atom stereocenters. The van der Waals surface area contributed by atoms with Crippen LogP contribution in [0, 0.1) is 5.41 Å². The van der Waals surface area contributed by atoms with E-state index in [1.54, 1.807) is 25.1 Å². The van der Waals surface area contributed by atoms with Gasteiger partial charge < -0.3 is 0 Å². The van der Waals surface area contributed by atoms with Crippen LogP contribution in [0.4, 0.5) is 0 Å². The summed E-state index contributed by atoms with van der Waals surface area (Å²) in [7, 11) is -3.08. The van der Waals surface area contributed by atoms with Crippen molar-refractivity contribution >= 4 is 10.0 Å². The maximum atomic E-state index is 11.8. The first-order valence-electron chi connectivity index (χ1n) is 4.56. The second kappa shape index (κ2) is 2.70. The first-order chi connectivity index (χ1) is 5.56. The fourth-order valence-corrected chi connectivity index (χ4v) is 3.28. The van der Waals surface area contributed by atoms with Gasteiger partial charge in [-0.25, -0.2) is 12.7 Å². The third-order valence-corrected chi connectivity index (χ3v) is 4.81. The Balaban J connectivity index is 2.77. The summed E-state index contributed by atoms with van der Waals surface area (Å²) in [4.78, 5) is 0. The lowest BCUT2D eigenvalue weighted by Gasteiger charge is -2.47. The van der Waals surface area contributed by atoms with Crippen LogP contribution in [0.1, 0.15) is 34.6 Å². The molecule has 4 heteroatoms. The van der Waals surface area contributed by atoms with Gasteiger partial charge in [-0.15, -0.1) is 0 Å². The third kappa shape index (κ3) is 1.89. The number of rotatable bonds is 1. The van der Waals surface area contributed by atoms with Crippen LogP contribution in [0.5, 0.6) is 0 Å². The molecule has 0 aliphatic carbocycles. The number of hydrogen-bond donors (Lipinski definition) is 0. The normalized spacial score (nSPS) is 24.1. The van der Waals surface area contributed by atoms with Crippen molar-refractivity contribution < 1.29 is 8.42 Å². The highest BCUT2D eigenvalue weighted by Gasteiger charge is 2.45. The first kappa shape index (κ1) is 11.0. The Labute approximate surface area is 81.2 Å². The van der Waals surface area contributed by atoms with E-state index < -0.39 is 14.8 Å². The van der Waals surface area contributed by atoms with Crippen molar-refractivity contribution in [1.29, 1.82) is 0 Å². The average Bonchev–Trinajstić information content (AvgIpc) is 1.79. The highest BCUT2D eigenvalue weighted by molar-refractivity contribution is 7.90. The highest BCUT2D eigenvalue weighted by atomic mass is 32.2. The first-order valence-corrected chi connectivity index (χ1v) is 6.00. The summed E-state index contributed by atoms with van der Waals surface area (Å²) in [6.45, 7) is 10.7. The molecule has 1 aliphatic rings. The molecule has 78 valence electrons. The molecule has 0 aromatic heterocycles. The van der Waals surface area contributed by atoms with E-state index in [9.17, 15) is 8.42 Å². The lowest BCUT2D eigenvalue weighted by atomic mass is 9.87. The van der Waals surface area contributed by atoms with Gasteiger partial charge >= 0.3 is 0 Å². The van der Waals surface area contributed by atoms with Gasteiger partial charge in [0.15, 0.2) is 0 Å². The molecule has 1 saturated heterocycles. The Kier molecular flexibility index (Phi) is 2.28. The molecule has 1 heterocycles. The maximum absolute atomic E-state index is 11.8. The zero-order chi connectivity index (χ0) is 10.5. The monoisotopic (exact) mass is 205 g/mol. The van der Waals surface area contributed by atoms with Gasteiger partial charge in [-0.3, -0.25) is 0 Å². The molecule has 0 saturated carbocycles. The molecule has 1 fully saturated rings. The van der Waals surface area contributed by atoms with Crippen molar-refractivity contribution in [3.05, 3.63) is 0 Å². The molecule has 0 amide bonds. The lowest BCUT2D eigenvalue weighted by molar-refractivity contribution is 0.109. The van der Waals surface area contributed by atoms with Gasteiger partial charge in [0.1, 0.15) is 0 Å². The van der Waals surface area contributed by atoms with Crippen molar-refractivity contribution in [1.82, 2.24) is 4.31 Å². The summed E-state index contributed by atoms with van der Waals surface area (Å²) >= 11 is 0. The van der Waals surface area contributed by atoms with Crippen LogP contribution < -0.4 is 0 Å². The SMILES string of the molecule is CC1(C)CN(S(=O)(=O)C(C)(C)C)C1. The molecule has 0 radical (unpaired) electrons. The fourth-order valence-electron chi connectivity index (χ4n) is 1.47. The Morgan fingerprint density at radius 3 is 1.77 bits per heavy atom. The van der Waals surface area contributed by atoms with Crippen LogP contribution in [0.15, 0.2) is 0 Å². The van der Waals surface area contributed by atoms with E-state index in [1.165, 1.54) is 0 Å². The Morgan fingerprint density at radius 2 is 1.54 bits per heavy atom. The summed E-state index contributed by atoms with van der Waals surface area (Å²) in [5, 5.41) is 0. The Hall–Kier alpha value is -0.0900. The van der Waals surface area contributed by atoms with E-state index in [4.69, 9.17) is 0 Å². The number of sulfonamides is 1. The highest BCUT2D eigenvalue weighted by Crippen LogP contribution is 2.34. The maximum Gasteiger partial charge on any atom is 0.219 e. The molecular weight excluding hydrogens is 186 g/mol. The minimum absolute atomic E-state index is 0.165. The molecule has 1 rings (SSSR count). The van der Waals surface area contributed by atoms with E-state index in [2.05, 4.69) is 13.8 Å². The van der Waals surface area contributed by atoms with Gasteiger partial charge in [0.05, 0.1) is 4.75 Å². The van der Waals surface area contributed by atoms with Crippen LogP contribution in [-0.2, 0) is 10.0 Å². The van der Waals surface area contributed by atoms with Crippen LogP contribution in [0.3, 0.4) is 0 Å². The second-order valence-electron chi connectivity index (χ2n) is 5.55. The Bertz CT molecular complexity index is 290. The van der Waals surface area contributed by atoms with Gasteiger partial charge in [0, 0.05) is 13.1 Å². The second-order valence-corrected chi connectivity index (χ2v) is 8.24. The zero-order valence-electron chi connectivity index (χ0n) is 9.09. The summed E-state index contributed by atoms with van der Waals surface area (Å²) in [5.74, 6) is 0. The summed E-state index contributed by atoms with van der Waals surface area (Å²) < 4.78 is 24.6. The molecule has 0 N–H and O–H groups in total. The lowest BCUT2D eigenvalue weighted by Crippen LogP contribution is -2.59. The van der Waals surface area contributed by atoms with Crippen molar-refractivity contribution in [3.63, 3.8) is 0 Å². The van der Waals surface area contributed by atoms with Gasteiger partial charge in [-0.2, -0.15) is 0 Å². The largest absolute Gasteiger partial charge is 0.219 e. The van der Waals surface area contributed by atoms with E-state index in [1.807, 2.05) is 0 Å². The Morgan fingerprint density at radius 1 is 1.15 bits per heavy atom. The van der Waals surface area contributed by atoms with Crippen LogP contribution in [-0.4, -0.2) is 30.6 Å². The van der Waals surface area contributed by atoms with E-state index >= 15 is 0 Å². The smallest absolute Gasteiger partial charge is 0.212 e. The fraction of sp³-hybridized carbons (Fsp3) is 1.00. The summed E-state index contributed by atoms with van der Waals surface area (Å²) in [6.07, 6.45) is 0. The van der Waals surface area contributed by atoms with Gasteiger partial charge in [-0.05, 0) is 26.2 Å². The molecule has 0 bridgehead atoms. The minimum Gasteiger partial charge on any atom is -0.212 e. The quantitative estimate of drug-likeness (QED) is 0.650. The van der Waals surface area contributed by atoms with Crippen molar-refractivity contribution in [2.45, 2.75) is 39.4 Å². The average molecular weight is 205 g/mol. The predicted octanol–water partition coefficient (Wildman–Crippen LogP) is 1.46. The third-order valence-electron chi connectivity index (χ3n) is 2.32. The van der Waals surface area contributed by atoms with Gasteiger partial charge in [-0.1, -0.05) is 13.8 Å². The van der Waals surface area contributed by atoms with Crippen LogP contribution >= 0.6 is 0 Å². The molecule has 1 aliphatic heterocycles. The zero-order valence-corrected chi connectivity index (χ0v) is 9.90. The van der Waals surface area contributed by atoms with Crippen LogP contribution in [0.2, 0.25) is 0 Å². The van der Waals surface area contributed by atoms with Gasteiger partial charge in [0.25, 0.3) is 0 Å². The topological polar surface area (TPSA) is 37.4 Å². The number of hydrogen-bond acceptors (Lipinski definition) is 2.